The summed E-state index contributed by atoms with van der Waals surface area (Å²) in [6, 6.07) is 16.5. The second kappa shape index (κ2) is 5.09. The van der Waals surface area contributed by atoms with Crippen LogP contribution < -0.4 is 5.73 Å². The number of nitrogens with zero attached hydrogens (tertiary/aromatic N) is 2. The minimum absolute atomic E-state index is 0.651. The van der Waals surface area contributed by atoms with Crippen LogP contribution in [0.1, 0.15) is 16.7 Å². The lowest BCUT2D eigenvalue weighted by molar-refractivity contribution is 0.891. The molecule has 0 amide bonds. The molecule has 21 heavy (non-hydrogen) atoms. The maximum Gasteiger partial charge on any atom is 0.127 e. The number of nitrogen functional groups attached to an aromatic ring is 1. The number of hydrogen-bond acceptors (Lipinski definition) is 2. The van der Waals surface area contributed by atoms with Crippen LogP contribution in [-0.4, -0.2) is 9.78 Å². The molecule has 2 N–H and O–H groups in total. The lowest BCUT2D eigenvalue weighted by Crippen LogP contribution is -2.02. The predicted molar refractivity (Wildman–Crippen MR) is 87.6 cm³/mol. The molecule has 1 aromatic heterocycles. The standard InChI is InChI=1S/C18H19N3/c1-12-8-13(2)10-15(9-12)21-18(19)11-17(20-21)16-7-5-4-6-14(16)3/h4-11H,19H2,1-3H3. The molecule has 0 unspecified atom stereocenters. The van der Waals surface area contributed by atoms with Gasteiger partial charge in [0, 0.05) is 11.6 Å². The van der Waals surface area contributed by atoms with Gasteiger partial charge in [0.1, 0.15) is 5.82 Å². The molecule has 0 aliphatic carbocycles. The molecule has 3 nitrogen and oxygen atoms in total. The predicted octanol–water partition coefficient (Wildman–Crippen LogP) is 4.05. The summed E-state index contributed by atoms with van der Waals surface area (Å²) in [5, 5.41) is 4.68. The molecule has 0 spiro atoms. The van der Waals surface area contributed by atoms with Gasteiger partial charge in [-0.15, -0.1) is 0 Å². The minimum Gasteiger partial charge on any atom is -0.384 e. The summed E-state index contributed by atoms with van der Waals surface area (Å²) in [6.07, 6.45) is 0. The Morgan fingerprint density at radius 3 is 2.24 bits per heavy atom. The van der Waals surface area contributed by atoms with E-state index in [1.165, 1.54) is 16.7 Å². The van der Waals surface area contributed by atoms with Gasteiger partial charge in [-0.2, -0.15) is 5.10 Å². The van der Waals surface area contributed by atoms with Crippen LogP contribution in [0.5, 0.6) is 0 Å². The molecule has 1 heterocycles. The van der Waals surface area contributed by atoms with Gasteiger partial charge in [0.25, 0.3) is 0 Å². The van der Waals surface area contributed by atoms with Crippen LogP contribution >= 0.6 is 0 Å². The molecule has 3 heteroatoms. The Bertz CT molecular complexity index is 780. The van der Waals surface area contributed by atoms with Crippen LogP contribution in [0.2, 0.25) is 0 Å². The third-order valence-electron chi connectivity index (χ3n) is 3.61. The van der Waals surface area contributed by atoms with Gasteiger partial charge in [-0.3, -0.25) is 0 Å². The Kier molecular flexibility index (Phi) is 3.26. The van der Waals surface area contributed by atoms with Crippen molar-refractivity contribution in [2.75, 3.05) is 5.73 Å². The smallest absolute Gasteiger partial charge is 0.127 e. The average Bonchev–Trinajstić information content (AvgIpc) is 2.80. The van der Waals surface area contributed by atoms with Crippen molar-refractivity contribution in [1.29, 1.82) is 0 Å². The van der Waals surface area contributed by atoms with Crippen LogP contribution in [0.15, 0.2) is 48.5 Å². The van der Waals surface area contributed by atoms with Gasteiger partial charge < -0.3 is 5.73 Å². The number of aromatic nitrogens is 2. The van der Waals surface area contributed by atoms with Crippen LogP contribution in [0.25, 0.3) is 16.9 Å². The number of hydrogen-bond donors (Lipinski definition) is 1. The molecule has 0 bridgehead atoms. The van der Waals surface area contributed by atoms with Crippen molar-refractivity contribution in [3.63, 3.8) is 0 Å². The van der Waals surface area contributed by atoms with Crippen molar-refractivity contribution in [1.82, 2.24) is 9.78 Å². The Balaban J connectivity index is 2.12. The first-order valence-electron chi connectivity index (χ1n) is 7.05. The third-order valence-corrected chi connectivity index (χ3v) is 3.61. The van der Waals surface area contributed by atoms with Crippen LogP contribution in [0.3, 0.4) is 0 Å². The van der Waals surface area contributed by atoms with E-state index in [1.807, 2.05) is 22.9 Å². The van der Waals surface area contributed by atoms with Crippen molar-refractivity contribution >= 4 is 5.82 Å². The highest BCUT2D eigenvalue weighted by Crippen LogP contribution is 2.26. The van der Waals surface area contributed by atoms with Crippen LogP contribution in [0.4, 0.5) is 5.82 Å². The van der Waals surface area contributed by atoms with E-state index in [9.17, 15) is 0 Å². The van der Waals surface area contributed by atoms with Crippen molar-refractivity contribution < 1.29 is 0 Å². The molecular weight excluding hydrogens is 258 g/mol. The summed E-state index contributed by atoms with van der Waals surface area (Å²) >= 11 is 0. The molecule has 106 valence electrons. The SMILES string of the molecule is Cc1cc(C)cc(-n2nc(-c3ccccc3C)cc2N)c1. The first kappa shape index (κ1) is 13.4. The first-order chi connectivity index (χ1) is 10.0. The molecule has 0 aliphatic heterocycles. The van der Waals surface area contributed by atoms with Gasteiger partial charge in [0.15, 0.2) is 0 Å². The van der Waals surface area contributed by atoms with Crippen molar-refractivity contribution in [3.05, 3.63) is 65.2 Å². The van der Waals surface area contributed by atoms with E-state index >= 15 is 0 Å². The molecule has 0 radical (unpaired) electrons. The highest BCUT2D eigenvalue weighted by atomic mass is 15.3. The lowest BCUT2D eigenvalue weighted by atomic mass is 10.1. The molecule has 0 saturated heterocycles. The molecule has 3 aromatic rings. The Morgan fingerprint density at radius 1 is 0.905 bits per heavy atom. The molecule has 0 aliphatic rings. The van der Waals surface area contributed by atoms with Crippen molar-refractivity contribution in [3.8, 4) is 16.9 Å². The van der Waals surface area contributed by atoms with E-state index in [2.05, 4.69) is 56.2 Å². The van der Waals surface area contributed by atoms with Crippen LogP contribution in [-0.2, 0) is 0 Å². The Labute approximate surface area is 125 Å². The molecule has 0 fully saturated rings. The van der Waals surface area contributed by atoms with E-state index in [0.29, 0.717) is 5.82 Å². The van der Waals surface area contributed by atoms with E-state index in [1.54, 1.807) is 0 Å². The number of benzene rings is 2. The zero-order valence-corrected chi connectivity index (χ0v) is 12.6. The molecule has 3 rings (SSSR count). The average molecular weight is 277 g/mol. The number of rotatable bonds is 2. The summed E-state index contributed by atoms with van der Waals surface area (Å²) in [5.41, 5.74) is 12.8. The monoisotopic (exact) mass is 277 g/mol. The highest BCUT2D eigenvalue weighted by Gasteiger charge is 2.10. The van der Waals surface area contributed by atoms with E-state index in [-0.39, 0.29) is 0 Å². The zero-order valence-electron chi connectivity index (χ0n) is 12.6. The Morgan fingerprint density at radius 2 is 1.57 bits per heavy atom. The second-order valence-corrected chi connectivity index (χ2v) is 5.53. The fourth-order valence-electron chi connectivity index (χ4n) is 2.67. The fourth-order valence-corrected chi connectivity index (χ4v) is 2.67. The van der Waals surface area contributed by atoms with Crippen molar-refractivity contribution in [2.45, 2.75) is 20.8 Å². The summed E-state index contributed by atoms with van der Waals surface area (Å²) in [4.78, 5) is 0. The summed E-state index contributed by atoms with van der Waals surface area (Å²) in [7, 11) is 0. The minimum atomic E-state index is 0.651. The molecular formula is C18H19N3. The second-order valence-electron chi connectivity index (χ2n) is 5.53. The third kappa shape index (κ3) is 2.55. The number of aryl methyl sites for hydroxylation is 3. The van der Waals surface area contributed by atoms with Gasteiger partial charge in [0.05, 0.1) is 11.4 Å². The van der Waals surface area contributed by atoms with Gasteiger partial charge >= 0.3 is 0 Å². The van der Waals surface area contributed by atoms with Crippen molar-refractivity contribution in [2.24, 2.45) is 0 Å². The highest BCUT2D eigenvalue weighted by molar-refractivity contribution is 5.67. The maximum absolute atomic E-state index is 6.16. The maximum atomic E-state index is 6.16. The topological polar surface area (TPSA) is 43.8 Å². The quantitative estimate of drug-likeness (QED) is 0.768. The molecule has 2 aromatic carbocycles. The van der Waals surface area contributed by atoms with Gasteiger partial charge in [-0.1, -0.05) is 30.3 Å². The molecule has 0 saturated carbocycles. The number of nitrogens with two attached hydrogens (primary N) is 1. The summed E-state index contributed by atoms with van der Waals surface area (Å²) in [5.74, 6) is 0.651. The first-order valence-corrected chi connectivity index (χ1v) is 7.05. The normalized spacial score (nSPS) is 10.8. The number of anilines is 1. The molecule has 0 atom stereocenters. The zero-order chi connectivity index (χ0) is 15.0. The van der Waals surface area contributed by atoms with E-state index in [4.69, 9.17) is 5.73 Å². The van der Waals surface area contributed by atoms with E-state index < -0.39 is 0 Å². The van der Waals surface area contributed by atoms with Gasteiger partial charge in [-0.05, 0) is 49.6 Å². The van der Waals surface area contributed by atoms with Gasteiger partial charge in [-0.25, -0.2) is 4.68 Å². The summed E-state index contributed by atoms with van der Waals surface area (Å²) in [6.45, 7) is 6.25. The summed E-state index contributed by atoms with van der Waals surface area (Å²) < 4.78 is 1.81. The van der Waals surface area contributed by atoms with E-state index in [0.717, 1.165) is 16.9 Å². The largest absolute Gasteiger partial charge is 0.384 e. The Hall–Kier alpha value is -2.55. The lowest BCUT2D eigenvalue weighted by Gasteiger charge is -2.07. The fraction of sp³-hybridized carbons (Fsp3) is 0.167. The van der Waals surface area contributed by atoms with Gasteiger partial charge in [0.2, 0.25) is 0 Å². The van der Waals surface area contributed by atoms with Crippen LogP contribution in [0, 0.1) is 20.8 Å².